The lowest BCUT2D eigenvalue weighted by atomic mass is 10.1. The van der Waals surface area contributed by atoms with E-state index in [9.17, 15) is 9.59 Å². The standard InChI is InChI=1S/C18H16N2O3/c1-20(12-6-4-3-5-7-12)18(22)15-11-19-16-9-8-13(23-2)10-14(16)17(15)21/h3-11H,1-2H3,(H,19,21). The van der Waals surface area contributed by atoms with Crippen LogP contribution in [0.3, 0.4) is 0 Å². The lowest BCUT2D eigenvalue weighted by Gasteiger charge is -2.17. The first-order valence-electron chi connectivity index (χ1n) is 7.14. The van der Waals surface area contributed by atoms with Crippen molar-refractivity contribution in [2.75, 3.05) is 19.1 Å². The molecular formula is C18H16N2O3. The highest BCUT2D eigenvalue weighted by Gasteiger charge is 2.18. The number of carbonyl (C=O) groups is 1. The molecule has 5 nitrogen and oxygen atoms in total. The molecule has 1 amide bonds. The Morgan fingerprint density at radius 3 is 2.57 bits per heavy atom. The van der Waals surface area contributed by atoms with Gasteiger partial charge in [0.1, 0.15) is 11.3 Å². The molecule has 0 unspecified atom stereocenters. The lowest BCUT2D eigenvalue weighted by molar-refractivity contribution is 0.0992. The average Bonchev–Trinajstić information content (AvgIpc) is 2.61. The highest BCUT2D eigenvalue weighted by Crippen LogP contribution is 2.18. The van der Waals surface area contributed by atoms with Gasteiger partial charge in [0.15, 0.2) is 0 Å². The second-order valence-corrected chi connectivity index (χ2v) is 5.14. The summed E-state index contributed by atoms with van der Waals surface area (Å²) in [7, 11) is 3.18. The summed E-state index contributed by atoms with van der Waals surface area (Å²) < 4.78 is 5.15. The summed E-state index contributed by atoms with van der Waals surface area (Å²) in [4.78, 5) is 29.7. The molecule has 3 rings (SSSR count). The molecule has 0 aliphatic heterocycles. The molecule has 0 bridgehead atoms. The van der Waals surface area contributed by atoms with Crippen molar-refractivity contribution < 1.29 is 9.53 Å². The summed E-state index contributed by atoms with van der Waals surface area (Å²) >= 11 is 0. The number of hydrogen-bond donors (Lipinski definition) is 1. The third-order valence-electron chi connectivity index (χ3n) is 3.77. The van der Waals surface area contributed by atoms with Crippen LogP contribution in [0.25, 0.3) is 10.9 Å². The quantitative estimate of drug-likeness (QED) is 0.809. The van der Waals surface area contributed by atoms with E-state index in [0.717, 1.165) is 5.69 Å². The fourth-order valence-electron chi connectivity index (χ4n) is 2.43. The molecule has 1 aromatic heterocycles. The number of carbonyl (C=O) groups excluding carboxylic acids is 1. The van der Waals surface area contributed by atoms with Crippen LogP contribution in [0.15, 0.2) is 59.5 Å². The number of aromatic amines is 1. The highest BCUT2D eigenvalue weighted by atomic mass is 16.5. The minimum atomic E-state index is -0.359. The van der Waals surface area contributed by atoms with Crippen LogP contribution in [-0.2, 0) is 0 Å². The van der Waals surface area contributed by atoms with Gasteiger partial charge in [-0.15, -0.1) is 0 Å². The maximum absolute atomic E-state index is 12.7. The maximum atomic E-state index is 12.7. The zero-order valence-corrected chi connectivity index (χ0v) is 12.9. The third-order valence-corrected chi connectivity index (χ3v) is 3.77. The van der Waals surface area contributed by atoms with Gasteiger partial charge in [-0.1, -0.05) is 18.2 Å². The predicted molar refractivity (Wildman–Crippen MR) is 90.3 cm³/mol. The number of aromatic nitrogens is 1. The molecule has 2 aromatic carbocycles. The Bertz CT molecular complexity index is 916. The van der Waals surface area contributed by atoms with Crippen molar-refractivity contribution in [3.63, 3.8) is 0 Å². The van der Waals surface area contributed by atoms with Gasteiger partial charge in [0.05, 0.1) is 7.11 Å². The second kappa shape index (κ2) is 5.96. The van der Waals surface area contributed by atoms with Crippen molar-refractivity contribution in [1.82, 2.24) is 4.98 Å². The predicted octanol–water partition coefficient (Wildman–Crippen LogP) is 2.81. The van der Waals surface area contributed by atoms with Crippen LogP contribution in [0.1, 0.15) is 10.4 Å². The third kappa shape index (κ3) is 2.68. The zero-order valence-electron chi connectivity index (χ0n) is 12.9. The van der Waals surface area contributed by atoms with E-state index in [0.29, 0.717) is 16.7 Å². The number of pyridine rings is 1. The number of para-hydroxylation sites is 1. The molecule has 0 atom stereocenters. The highest BCUT2D eigenvalue weighted by molar-refractivity contribution is 6.07. The Labute approximate surface area is 133 Å². The fraction of sp³-hybridized carbons (Fsp3) is 0.111. The molecule has 0 radical (unpaired) electrons. The lowest BCUT2D eigenvalue weighted by Crippen LogP contribution is -2.31. The summed E-state index contributed by atoms with van der Waals surface area (Å²) in [6, 6.07) is 14.3. The molecule has 23 heavy (non-hydrogen) atoms. The normalized spacial score (nSPS) is 10.5. The molecule has 0 fully saturated rings. The van der Waals surface area contributed by atoms with Crippen molar-refractivity contribution in [1.29, 1.82) is 0 Å². The molecule has 1 heterocycles. The van der Waals surface area contributed by atoms with Gasteiger partial charge in [-0.05, 0) is 30.3 Å². The van der Waals surface area contributed by atoms with Gasteiger partial charge in [0.2, 0.25) is 5.43 Å². The van der Waals surface area contributed by atoms with E-state index in [1.807, 2.05) is 30.3 Å². The SMILES string of the molecule is COc1ccc2[nH]cc(C(=O)N(C)c3ccccc3)c(=O)c2c1. The average molecular weight is 308 g/mol. The summed E-state index contributed by atoms with van der Waals surface area (Å²) in [5.74, 6) is 0.214. The van der Waals surface area contributed by atoms with Crippen LogP contribution in [0.2, 0.25) is 0 Å². The summed E-state index contributed by atoms with van der Waals surface area (Å²) in [5.41, 5.74) is 1.17. The Hall–Kier alpha value is -3.08. The van der Waals surface area contributed by atoms with Crippen molar-refractivity contribution in [2.24, 2.45) is 0 Å². The minimum Gasteiger partial charge on any atom is -0.497 e. The number of benzene rings is 2. The number of amides is 1. The molecule has 3 aromatic rings. The van der Waals surface area contributed by atoms with Gasteiger partial charge in [-0.3, -0.25) is 9.59 Å². The number of nitrogens with one attached hydrogen (secondary N) is 1. The minimum absolute atomic E-state index is 0.0945. The number of H-pyrrole nitrogens is 1. The number of rotatable bonds is 3. The number of fused-ring (bicyclic) bond motifs is 1. The molecule has 0 spiro atoms. The van der Waals surface area contributed by atoms with E-state index in [1.165, 1.54) is 18.2 Å². The van der Waals surface area contributed by atoms with Gasteiger partial charge < -0.3 is 14.6 Å². The molecule has 0 aliphatic carbocycles. The van der Waals surface area contributed by atoms with Crippen LogP contribution < -0.4 is 15.1 Å². The Balaban J connectivity index is 2.07. The van der Waals surface area contributed by atoms with Crippen molar-refractivity contribution >= 4 is 22.5 Å². The van der Waals surface area contributed by atoms with E-state index in [-0.39, 0.29) is 16.9 Å². The fourth-order valence-corrected chi connectivity index (χ4v) is 2.43. The summed E-state index contributed by atoms with van der Waals surface area (Å²) in [5, 5.41) is 0.427. The van der Waals surface area contributed by atoms with E-state index >= 15 is 0 Å². The van der Waals surface area contributed by atoms with E-state index in [2.05, 4.69) is 4.98 Å². The number of methoxy groups -OCH3 is 1. The topological polar surface area (TPSA) is 62.4 Å². The molecule has 5 heteroatoms. The van der Waals surface area contributed by atoms with Gasteiger partial charge in [0, 0.05) is 29.8 Å². The summed E-state index contributed by atoms with van der Waals surface area (Å²) in [6.45, 7) is 0. The van der Waals surface area contributed by atoms with Crippen molar-refractivity contribution in [3.05, 3.63) is 70.5 Å². The van der Waals surface area contributed by atoms with Crippen LogP contribution in [-0.4, -0.2) is 25.0 Å². The van der Waals surface area contributed by atoms with Crippen molar-refractivity contribution in [2.45, 2.75) is 0 Å². The van der Waals surface area contributed by atoms with Gasteiger partial charge in [0.25, 0.3) is 5.91 Å². The Kier molecular flexibility index (Phi) is 3.85. The number of hydrogen-bond acceptors (Lipinski definition) is 3. The second-order valence-electron chi connectivity index (χ2n) is 5.14. The largest absolute Gasteiger partial charge is 0.497 e. The first-order valence-corrected chi connectivity index (χ1v) is 7.14. The van der Waals surface area contributed by atoms with Gasteiger partial charge in [-0.25, -0.2) is 0 Å². The van der Waals surface area contributed by atoms with Crippen LogP contribution in [0.5, 0.6) is 5.75 Å². The molecule has 0 aliphatic rings. The molecule has 0 saturated carbocycles. The number of ether oxygens (including phenoxy) is 1. The van der Waals surface area contributed by atoms with E-state index < -0.39 is 0 Å². The molecule has 1 N–H and O–H groups in total. The van der Waals surface area contributed by atoms with Crippen LogP contribution in [0.4, 0.5) is 5.69 Å². The van der Waals surface area contributed by atoms with E-state index in [1.54, 1.807) is 25.2 Å². The molecule has 116 valence electrons. The zero-order chi connectivity index (χ0) is 16.4. The van der Waals surface area contributed by atoms with Crippen LogP contribution >= 0.6 is 0 Å². The summed E-state index contributed by atoms with van der Waals surface area (Å²) in [6.07, 6.45) is 1.46. The van der Waals surface area contributed by atoms with Gasteiger partial charge in [-0.2, -0.15) is 0 Å². The smallest absolute Gasteiger partial charge is 0.263 e. The van der Waals surface area contributed by atoms with Crippen molar-refractivity contribution in [3.8, 4) is 5.75 Å². The number of anilines is 1. The Morgan fingerprint density at radius 1 is 1.13 bits per heavy atom. The molecule has 0 saturated heterocycles. The first kappa shape index (κ1) is 14.8. The Morgan fingerprint density at radius 2 is 1.87 bits per heavy atom. The van der Waals surface area contributed by atoms with Crippen LogP contribution in [0, 0.1) is 0 Å². The van der Waals surface area contributed by atoms with E-state index in [4.69, 9.17) is 4.74 Å². The molecular weight excluding hydrogens is 292 g/mol. The van der Waals surface area contributed by atoms with Gasteiger partial charge >= 0.3 is 0 Å². The number of nitrogens with zero attached hydrogens (tertiary/aromatic N) is 1. The monoisotopic (exact) mass is 308 g/mol. The first-order chi connectivity index (χ1) is 11.1. The maximum Gasteiger partial charge on any atom is 0.263 e.